The Morgan fingerprint density at radius 1 is 1.16 bits per heavy atom. The first kappa shape index (κ1) is 14.2. The number of nitrogens with one attached hydrogen (secondary N) is 1. The largest absolute Gasteiger partial charge is 0.491 e. The number of benzene rings is 2. The molecule has 2 aromatic rings. The lowest BCUT2D eigenvalue weighted by Gasteiger charge is -2.11. The van der Waals surface area contributed by atoms with Crippen LogP contribution < -0.4 is 10.1 Å². The van der Waals surface area contributed by atoms with E-state index in [0.29, 0.717) is 6.61 Å². The van der Waals surface area contributed by atoms with Gasteiger partial charge in [0.05, 0.1) is 0 Å². The molecule has 0 saturated heterocycles. The molecule has 0 fully saturated rings. The quantitative estimate of drug-likeness (QED) is 0.782. The smallest absolute Gasteiger partial charge is 0.123 e. The summed E-state index contributed by atoms with van der Waals surface area (Å²) < 4.78 is 6.77. The van der Waals surface area contributed by atoms with Crippen molar-refractivity contribution in [2.24, 2.45) is 0 Å². The molecule has 2 rings (SSSR count). The fourth-order valence-electron chi connectivity index (χ4n) is 1.65. The lowest BCUT2D eigenvalue weighted by Crippen LogP contribution is -2.11. The van der Waals surface area contributed by atoms with Crippen LogP contribution in [0.25, 0.3) is 0 Å². The van der Waals surface area contributed by atoms with Gasteiger partial charge in [-0.05, 0) is 48.9 Å². The minimum Gasteiger partial charge on any atom is -0.491 e. The molecule has 0 aromatic heterocycles. The van der Waals surface area contributed by atoms with Crippen LogP contribution in [0.3, 0.4) is 0 Å². The van der Waals surface area contributed by atoms with Crippen molar-refractivity contribution >= 4 is 33.2 Å². The van der Waals surface area contributed by atoms with Crippen molar-refractivity contribution in [3.63, 3.8) is 0 Å². The molecule has 1 N–H and O–H groups in total. The summed E-state index contributed by atoms with van der Waals surface area (Å²) in [4.78, 5) is 0. The van der Waals surface area contributed by atoms with E-state index in [9.17, 15) is 0 Å². The summed E-state index contributed by atoms with van der Waals surface area (Å²) >= 11 is 9.27. The van der Waals surface area contributed by atoms with Gasteiger partial charge in [-0.15, -0.1) is 0 Å². The van der Waals surface area contributed by atoms with Gasteiger partial charge in [0.15, 0.2) is 0 Å². The summed E-state index contributed by atoms with van der Waals surface area (Å²) in [6.07, 6.45) is 0. The Labute approximate surface area is 126 Å². The molecule has 0 aliphatic rings. The maximum atomic E-state index is 5.83. The number of hydrogen-bond donors (Lipinski definition) is 1. The van der Waals surface area contributed by atoms with E-state index in [4.69, 9.17) is 16.3 Å². The normalized spacial score (nSPS) is 10.3. The zero-order valence-electron chi connectivity index (χ0n) is 10.6. The van der Waals surface area contributed by atoms with Gasteiger partial charge < -0.3 is 10.1 Å². The summed E-state index contributed by atoms with van der Waals surface area (Å²) in [5.74, 6) is 0.910. The first-order valence-electron chi connectivity index (χ1n) is 6.03. The average molecular weight is 341 g/mol. The molecule has 4 heteroatoms. The maximum Gasteiger partial charge on any atom is 0.123 e. The molecule has 100 valence electrons. The van der Waals surface area contributed by atoms with Crippen LogP contribution in [0.4, 0.5) is 5.69 Å². The van der Waals surface area contributed by atoms with E-state index < -0.39 is 0 Å². The number of aryl methyl sites for hydroxylation is 1. The van der Waals surface area contributed by atoms with Crippen LogP contribution in [0.1, 0.15) is 5.56 Å². The Morgan fingerprint density at radius 2 is 1.89 bits per heavy atom. The van der Waals surface area contributed by atoms with Gasteiger partial charge in [-0.25, -0.2) is 0 Å². The van der Waals surface area contributed by atoms with Crippen LogP contribution in [0, 0.1) is 6.92 Å². The molecule has 2 aromatic carbocycles. The molecular formula is C15H15BrClNO. The highest BCUT2D eigenvalue weighted by Gasteiger charge is 2.00. The number of anilines is 1. The molecular weight excluding hydrogens is 326 g/mol. The van der Waals surface area contributed by atoms with Crippen molar-refractivity contribution < 1.29 is 4.74 Å². The highest BCUT2D eigenvalue weighted by molar-refractivity contribution is 9.10. The molecule has 0 bridgehead atoms. The Kier molecular flexibility index (Phi) is 5.11. The fourth-order valence-corrected chi connectivity index (χ4v) is 2.12. The molecule has 0 saturated carbocycles. The summed E-state index contributed by atoms with van der Waals surface area (Å²) in [5.41, 5.74) is 2.17. The lowest BCUT2D eigenvalue weighted by atomic mass is 10.2. The highest BCUT2D eigenvalue weighted by Crippen LogP contribution is 2.22. The Hall–Kier alpha value is -1.19. The number of halogens is 2. The van der Waals surface area contributed by atoms with Crippen molar-refractivity contribution in [3.8, 4) is 5.75 Å². The molecule has 0 radical (unpaired) electrons. The Balaban J connectivity index is 1.80. The topological polar surface area (TPSA) is 21.3 Å². The second-order valence-corrected chi connectivity index (χ2v) is 5.54. The molecule has 0 amide bonds. The van der Waals surface area contributed by atoms with Crippen molar-refractivity contribution in [2.45, 2.75) is 6.92 Å². The Morgan fingerprint density at radius 3 is 2.63 bits per heavy atom. The van der Waals surface area contributed by atoms with Crippen LogP contribution >= 0.6 is 27.5 Å². The first-order chi connectivity index (χ1) is 9.15. The van der Waals surface area contributed by atoms with Gasteiger partial charge in [0.1, 0.15) is 12.4 Å². The van der Waals surface area contributed by atoms with Gasteiger partial charge in [0.2, 0.25) is 0 Å². The zero-order valence-corrected chi connectivity index (χ0v) is 13.0. The van der Waals surface area contributed by atoms with Crippen LogP contribution in [-0.4, -0.2) is 13.2 Å². The van der Waals surface area contributed by atoms with E-state index >= 15 is 0 Å². The van der Waals surface area contributed by atoms with E-state index in [1.807, 2.05) is 49.4 Å². The molecule has 0 atom stereocenters. The second kappa shape index (κ2) is 6.83. The molecule has 19 heavy (non-hydrogen) atoms. The minimum atomic E-state index is 0.611. The van der Waals surface area contributed by atoms with Crippen molar-refractivity contribution in [3.05, 3.63) is 57.5 Å². The van der Waals surface area contributed by atoms with Crippen molar-refractivity contribution in [2.75, 3.05) is 18.5 Å². The van der Waals surface area contributed by atoms with Crippen LogP contribution in [0.15, 0.2) is 46.9 Å². The van der Waals surface area contributed by atoms with Gasteiger partial charge in [-0.3, -0.25) is 0 Å². The van der Waals surface area contributed by atoms with Crippen LogP contribution in [0.2, 0.25) is 5.02 Å². The van der Waals surface area contributed by atoms with Crippen molar-refractivity contribution in [1.29, 1.82) is 0 Å². The molecule has 2 nitrogen and oxygen atoms in total. The van der Waals surface area contributed by atoms with Crippen molar-refractivity contribution in [1.82, 2.24) is 0 Å². The van der Waals surface area contributed by atoms with Gasteiger partial charge >= 0.3 is 0 Å². The van der Waals surface area contributed by atoms with E-state index in [2.05, 4.69) is 21.2 Å². The van der Waals surface area contributed by atoms with E-state index in [0.717, 1.165) is 33.0 Å². The van der Waals surface area contributed by atoms with Gasteiger partial charge in [0, 0.05) is 21.7 Å². The predicted molar refractivity (Wildman–Crippen MR) is 84.3 cm³/mol. The monoisotopic (exact) mass is 339 g/mol. The SMILES string of the molecule is Cc1ccc(Br)cc1OCCNc1ccc(Cl)cc1. The van der Waals surface area contributed by atoms with Gasteiger partial charge in [-0.1, -0.05) is 33.6 Å². The standard InChI is InChI=1S/C15H15BrClNO/c1-11-2-3-12(16)10-15(11)19-9-8-18-14-6-4-13(17)5-7-14/h2-7,10,18H,8-9H2,1H3. The van der Waals surface area contributed by atoms with E-state index in [-0.39, 0.29) is 0 Å². The van der Waals surface area contributed by atoms with E-state index in [1.165, 1.54) is 0 Å². The molecule has 0 heterocycles. The van der Waals surface area contributed by atoms with E-state index in [1.54, 1.807) is 0 Å². The molecule has 0 aliphatic carbocycles. The maximum absolute atomic E-state index is 5.83. The third kappa shape index (κ3) is 4.44. The summed E-state index contributed by atoms with van der Waals surface area (Å²) in [6.45, 7) is 3.39. The summed E-state index contributed by atoms with van der Waals surface area (Å²) in [5, 5.41) is 4.02. The summed E-state index contributed by atoms with van der Waals surface area (Å²) in [7, 11) is 0. The highest BCUT2D eigenvalue weighted by atomic mass is 79.9. The minimum absolute atomic E-state index is 0.611. The first-order valence-corrected chi connectivity index (χ1v) is 7.20. The molecule has 0 unspecified atom stereocenters. The molecule has 0 aliphatic heterocycles. The molecule has 0 spiro atoms. The van der Waals surface area contributed by atoms with Gasteiger partial charge in [-0.2, -0.15) is 0 Å². The average Bonchev–Trinajstić information content (AvgIpc) is 2.40. The Bertz CT molecular complexity index is 542. The lowest BCUT2D eigenvalue weighted by molar-refractivity contribution is 0.330. The number of hydrogen-bond acceptors (Lipinski definition) is 2. The number of rotatable bonds is 5. The van der Waals surface area contributed by atoms with Crippen LogP contribution in [0.5, 0.6) is 5.75 Å². The third-order valence-corrected chi connectivity index (χ3v) is 3.43. The third-order valence-electron chi connectivity index (χ3n) is 2.68. The second-order valence-electron chi connectivity index (χ2n) is 4.19. The fraction of sp³-hybridized carbons (Fsp3) is 0.200. The predicted octanol–water partition coefficient (Wildman–Crippen LogP) is 4.90. The number of ether oxygens (including phenoxy) is 1. The summed E-state index contributed by atoms with van der Waals surface area (Å²) in [6, 6.07) is 13.7. The zero-order chi connectivity index (χ0) is 13.7. The van der Waals surface area contributed by atoms with Crippen LogP contribution in [-0.2, 0) is 0 Å². The van der Waals surface area contributed by atoms with Gasteiger partial charge in [0.25, 0.3) is 0 Å².